The monoisotopic (exact) mass is 255 g/mol. The lowest BCUT2D eigenvalue weighted by Gasteiger charge is -1.96. The number of hydrogen-bond acceptors (Lipinski definition) is 2. The number of carbonyl (C=O) groups is 1. The van der Waals surface area contributed by atoms with Crippen molar-refractivity contribution in [3.05, 3.63) is 71.8 Å². The maximum absolute atomic E-state index is 10.3. The third kappa shape index (κ3) is 4.32. The fourth-order valence-corrected chi connectivity index (χ4v) is 1.51. The number of aromatic carboxylic acids is 1. The lowest BCUT2D eigenvalue weighted by molar-refractivity contribution is 0.0698. The van der Waals surface area contributed by atoms with Gasteiger partial charge in [0.1, 0.15) is 0 Å². The van der Waals surface area contributed by atoms with Crippen molar-refractivity contribution in [1.82, 2.24) is 0 Å². The van der Waals surface area contributed by atoms with Gasteiger partial charge in [0.05, 0.1) is 5.56 Å². The SMILES string of the molecule is C=Cc1ccccc1C.Nc1ccccc1C(=O)O. The summed E-state index contributed by atoms with van der Waals surface area (Å²) in [6, 6.07) is 14.6. The molecule has 3 nitrogen and oxygen atoms in total. The summed E-state index contributed by atoms with van der Waals surface area (Å²) in [4.78, 5) is 10.3. The Labute approximate surface area is 113 Å². The minimum Gasteiger partial charge on any atom is -0.478 e. The van der Waals surface area contributed by atoms with Crippen LogP contribution in [0.15, 0.2) is 55.1 Å². The van der Waals surface area contributed by atoms with Gasteiger partial charge in [0, 0.05) is 5.69 Å². The van der Waals surface area contributed by atoms with Crippen LogP contribution in [0.3, 0.4) is 0 Å². The zero-order chi connectivity index (χ0) is 14.3. The van der Waals surface area contributed by atoms with E-state index in [9.17, 15) is 4.79 Å². The molecule has 0 spiro atoms. The molecule has 3 N–H and O–H groups in total. The van der Waals surface area contributed by atoms with Crippen LogP contribution in [0.5, 0.6) is 0 Å². The Kier molecular flexibility index (Phi) is 5.35. The van der Waals surface area contributed by atoms with Gasteiger partial charge >= 0.3 is 5.97 Å². The highest BCUT2D eigenvalue weighted by atomic mass is 16.4. The average molecular weight is 255 g/mol. The smallest absolute Gasteiger partial charge is 0.337 e. The molecule has 3 heteroatoms. The standard InChI is InChI=1S/C9H10.C7H7NO2/c1-3-9-7-5-4-6-8(9)2;8-6-4-2-1-3-5(6)7(9)10/h3-7H,1H2,2H3;1-4H,8H2,(H,9,10). The van der Waals surface area contributed by atoms with Gasteiger partial charge in [0.25, 0.3) is 0 Å². The Morgan fingerprint density at radius 1 is 1.16 bits per heavy atom. The molecular weight excluding hydrogens is 238 g/mol. The summed E-state index contributed by atoms with van der Waals surface area (Å²) < 4.78 is 0. The molecule has 0 aromatic heterocycles. The Morgan fingerprint density at radius 3 is 2.16 bits per heavy atom. The first kappa shape index (κ1) is 14.5. The van der Waals surface area contributed by atoms with Crippen LogP contribution in [-0.2, 0) is 0 Å². The number of rotatable bonds is 2. The number of para-hydroxylation sites is 1. The summed E-state index contributed by atoms with van der Waals surface area (Å²) in [6.07, 6.45) is 1.87. The summed E-state index contributed by atoms with van der Waals surface area (Å²) >= 11 is 0. The van der Waals surface area contributed by atoms with Gasteiger partial charge in [0.15, 0.2) is 0 Å². The van der Waals surface area contributed by atoms with Crippen LogP contribution in [-0.4, -0.2) is 11.1 Å². The van der Waals surface area contributed by atoms with E-state index in [1.165, 1.54) is 17.2 Å². The van der Waals surface area contributed by atoms with E-state index in [0.29, 0.717) is 5.69 Å². The minimum atomic E-state index is -0.988. The summed E-state index contributed by atoms with van der Waals surface area (Å²) in [6.45, 7) is 5.77. The fraction of sp³-hybridized carbons (Fsp3) is 0.0625. The molecule has 2 aromatic rings. The molecule has 2 aromatic carbocycles. The zero-order valence-corrected chi connectivity index (χ0v) is 10.8. The highest BCUT2D eigenvalue weighted by Crippen LogP contribution is 2.09. The van der Waals surface area contributed by atoms with Crippen LogP contribution in [0.25, 0.3) is 6.08 Å². The Morgan fingerprint density at radius 2 is 1.74 bits per heavy atom. The van der Waals surface area contributed by atoms with Crippen LogP contribution >= 0.6 is 0 Å². The molecule has 0 saturated heterocycles. The topological polar surface area (TPSA) is 63.3 Å². The second-order valence-corrected chi connectivity index (χ2v) is 3.95. The van der Waals surface area contributed by atoms with Gasteiger partial charge in [-0.1, -0.05) is 49.1 Å². The van der Waals surface area contributed by atoms with Crippen molar-refractivity contribution >= 4 is 17.7 Å². The van der Waals surface area contributed by atoms with Gasteiger partial charge in [-0.25, -0.2) is 4.79 Å². The normalized spacial score (nSPS) is 9.11. The van der Waals surface area contributed by atoms with Crippen molar-refractivity contribution < 1.29 is 9.90 Å². The number of anilines is 1. The summed E-state index contributed by atoms with van der Waals surface area (Å²) in [7, 11) is 0. The largest absolute Gasteiger partial charge is 0.478 e. The Bertz CT molecular complexity index is 576. The lowest BCUT2D eigenvalue weighted by Crippen LogP contribution is -2.00. The first-order valence-corrected chi connectivity index (χ1v) is 5.82. The molecule has 0 aliphatic carbocycles. The van der Waals surface area contributed by atoms with Gasteiger partial charge in [-0.3, -0.25) is 0 Å². The number of carboxylic acids is 1. The maximum atomic E-state index is 10.3. The molecule has 0 aliphatic heterocycles. The molecule has 0 aliphatic rings. The molecule has 0 bridgehead atoms. The second kappa shape index (κ2) is 7.01. The van der Waals surface area contributed by atoms with Crippen molar-refractivity contribution in [1.29, 1.82) is 0 Å². The van der Waals surface area contributed by atoms with E-state index in [1.807, 2.05) is 18.2 Å². The number of aryl methyl sites for hydroxylation is 1. The summed E-state index contributed by atoms with van der Waals surface area (Å²) in [5.74, 6) is -0.988. The average Bonchev–Trinajstić information content (AvgIpc) is 2.40. The van der Waals surface area contributed by atoms with E-state index in [0.717, 1.165) is 0 Å². The Hall–Kier alpha value is -2.55. The van der Waals surface area contributed by atoms with E-state index >= 15 is 0 Å². The van der Waals surface area contributed by atoms with Gasteiger partial charge in [-0.15, -0.1) is 0 Å². The van der Waals surface area contributed by atoms with Crippen LogP contribution in [0.1, 0.15) is 21.5 Å². The molecule has 0 amide bonds. The first-order valence-electron chi connectivity index (χ1n) is 5.82. The van der Waals surface area contributed by atoms with E-state index < -0.39 is 5.97 Å². The molecule has 0 unspecified atom stereocenters. The van der Waals surface area contributed by atoms with E-state index in [-0.39, 0.29) is 5.56 Å². The van der Waals surface area contributed by atoms with Crippen LogP contribution < -0.4 is 5.73 Å². The number of nitrogens with two attached hydrogens (primary N) is 1. The summed E-state index contributed by atoms with van der Waals surface area (Å²) in [5.41, 5.74) is 8.30. The predicted octanol–water partition coefficient (Wildman–Crippen LogP) is 3.61. The van der Waals surface area contributed by atoms with Gasteiger partial charge in [-0.2, -0.15) is 0 Å². The van der Waals surface area contributed by atoms with Gasteiger partial charge in [-0.05, 0) is 30.2 Å². The minimum absolute atomic E-state index is 0.155. The molecule has 0 heterocycles. The van der Waals surface area contributed by atoms with Gasteiger partial charge in [0.2, 0.25) is 0 Å². The van der Waals surface area contributed by atoms with Crippen LogP contribution in [0.2, 0.25) is 0 Å². The van der Waals surface area contributed by atoms with Crippen molar-refractivity contribution in [2.75, 3.05) is 5.73 Å². The maximum Gasteiger partial charge on any atom is 0.337 e. The fourth-order valence-electron chi connectivity index (χ4n) is 1.51. The number of nitrogen functional groups attached to an aromatic ring is 1. The number of benzene rings is 2. The Balaban J connectivity index is 0.000000191. The molecule has 0 saturated carbocycles. The number of hydrogen-bond donors (Lipinski definition) is 2. The summed E-state index contributed by atoms with van der Waals surface area (Å²) in [5, 5.41) is 8.49. The van der Waals surface area contributed by atoms with E-state index in [1.54, 1.807) is 18.2 Å². The van der Waals surface area contributed by atoms with Crippen molar-refractivity contribution in [3.63, 3.8) is 0 Å². The molecule has 2 rings (SSSR count). The van der Waals surface area contributed by atoms with Gasteiger partial charge < -0.3 is 10.8 Å². The number of carboxylic acid groups (broad SMARTS) is 1. The van der Waals surface area contributed by atoms with Crippen molar-refractivity contribution in [3.8, 4) is 0 Å². The lowest BCUT2D eigenvalue weighted by atomic mass is 10.1. The first-order chi connectivity index (χ1) is 9.06. The van der Waals surface area contributed by atoms with Crippen molar-refractivity contribution in [2.24, 2.45) is 0 Å². The van der Waals surface area contributed by atoms with Crippen LogP contribution in [0.4, 0.5) is 5.69 Å². The third-order valence-corrected chi connectivity index (χ3v) is 2.60. The molecular formula is C16H17NO2. The highest BCUT2D eigenvalue weighted by molar-refractivity contribution is 5.93. The van der Waals surface area contributed by atoms with Crippen LogP contribution in [0, 0.1) is 6.92 Å². The highest BCUT2D eigenvalue weighted by Gasteiger charge is 2.03. The predicted molar refractivity (Wildman–Crippen MR) is 79.1 cm³/mol. The molecule has 0 radical (unpaired) electrons. The quantitative estimate of drug-likeness (QED) is 0.806. The molecule has 98 valence electrons. The molecule has 0 fully saturated rings. The zero-order valence-electron chi connectivity index (χ0n) is 10.8. The van der Waals surface area contributed by atoms with E-state index in [2.05, 4.69) is 25.6 Å². The molecule has 19 heavy (non-hydrogen) atoms. The molecule has 0 atom stereocenters. The second-order valence-electron chi connectivity index (χ2n) is 3.95. The van der Waals surface area contributed by atoms with E-state index in [4.69, 9.17) is 10.8 Å². The van der Waals surface area contributed by atoms with Crippen molar-refractivity contribution in [2.45, 2.75) is 6.92 Å². The third-order valence-electron chi connectivity index (χ3n) is 2.60.